The monoisotopic (exact) mass is 469 g/mol. The van der Waals surface area contributed by atoms with E-state index in [4.69, 9.17) is 5.41 Å². The molecule has 1 aliphatic carbocycles. The Bertz CT molecular complexity index is 1380. The van der Waals surface area contributed by atoms with Crippen LogP contribution in [0.4, 0.5) is 4.39 Å². The lowest BCUT2D eigenvalue weighted by atomic mass is 9.82. The highest BCUT2D eigenvalue weighted by atomic mass is 19.1. The van der Waals surface area contributed by atoms with Crippen LogP contribution in [0.5, 0.6) is 0 Å². The summed E-state index contributed by atoms with van der Waals surface area (Å²) in [6.07, 6.45) is 7.93. The van der Waals surface area contributed by atoms with Crippen LogP contribution in [0.15, 0.2) is 61.1 Å². The highest BCUT2D eigenvalue weighted by Gasteiger charge is 2.29. The minimum Gasteiger partial charge on any atom is -0.309 e. The zero-order chi connectivity index (χ0) is 24.4. The lowest BCUT2D eigenvalue weighted by molar-refractivity contribution is 0.0992. The summed E-state index contributed by atoms with van der Waals surface area (Å²) in [5, 5.41) is 13.6. The molecule has 1 aromatic carbocycles. The van der Waals surface area contributed by atoms with Crippen molar-refractivity contribution in [2.24, 2.45) is 13.0 Å². The number of alkyl halides is 1. The number of carbonyl (C=O) groups is 1. The van der Waals surface area contributed by atoms with Gasteiger partial charge in [-0.1, -0.05) is 37.1 Å². The minimum absolute atomic E-state index is 0.0861. The third-order valence-electron chi connectivity index (χ3n) is 6.79. The van der Waals surface area contributed by atoms with Gasteiger partial charge >= 0.3 is 0 Å². The van der Waals surface area contributed by atoms with Crippen molar-refractivity contribution in [3.63, 3.8) is 0 Å². The number of ketones is 1. The van der Waals surface area contributed by atoms with Crippen molar-refractivity contribution in [1.82, 2.24) is 19.7 Å². The molecule has 3 aromatic heterocycles. The van der Waals surface area contributed by atoms with Crippen LogP contribution in [0.3, 0.4) is 0 Å². The molecule has 1 unspecified atom stereocenters. The van der Waals surface area contributed by atoms with E-state index in [9.17, 15) is 9.18 Å². The molecule has 7 heteroatoms. The van der Waals surface area contributed by atoms with Crippen molar-refractivity contribution in [2.75, 3.05) is 0 Å². The van der Waals surface area contributed by atoms with Crippen LogP contribution in [-0.4, -0.2) is 37.4 Å². The Kier molecular flexibility index (Phi) is 6.49. The Hall–Kier alpha value is -3.74. The SMILES string of the molecule is Cn1cc(-c2ccc(Cc3cc(C(=O)CC(=N)C4CCCC[C@@H]4F)nc4ccccc34)cn2)cn1. The third-order valence-corrected chi connectivity index (χ3v) is 6.79. The van der Waals surface area contributed by atoms with E-state index in [1.54, 1.807) is 10.9 Å². The van der Waals surface area contributed by atoms with Crippen molar-refractivity contribution >= 4 is 22.4 Å². The molecule has 0 radical (unpaired) electrons. The van der Waals surface area contributed by atoms with Gasteiger partial charge in [-0.2, -0.15) is 5.10 Å². The lowest BCUT2D eigenvalue weighted by Crippen LogP contribution is -2.29. The number of Topliss-reactive ketones (excluding diaryl/α,β-unsaturated/α-hetero) is 1. The Morgan fingerprint density at radius 3 is 2.71 bits per heavy atom. The zero-order valence-electron chi connectivity index (χ0n) is 19.7. The van der Waals surface area contributed by atoms with Crippen LogP contribution in [0, 0.1) is 11.3 Å². The van der Waals surface area contributed by atoms with E-state index < -0.39 is 12.1 Å². The summed E-state index contributed by atoms with van der Waals surface area (Å²) >= 11 is 0. The van der Waals surface area contributed by atoms with Gasteiger partial charge in [0.25, 0.3) is 0 Å². The summed E-state index contributed by atoms with van der Waals surface area (Å²) in [5.41, 5.74) is 5.05. The lowest BCUT2D eigenvalue weighted by Gasteiger charge is -2.26. The summed E-state index contributed by atoms with van der Waals surface area (Å²) < 4.78 is 16.1. The molecule has 6 nitrogen and oxygen atoms in total. The van der Waals surface area contributed by atoms with Crippen LogP contribution < -0.4 is 0 Å². The van der Waals surface area contributed by atoms with Crippen molar-refractivity contribution in [3.05, 3.63) is 77.9 Å². The van der Waals surface area contributed by atoms with Gasteiger partial charge in [0.2, 0.25) is 0 Å². The number of halogens is 1. The molecule has 4 aromatic rings. The highest BCUT2D eigenvalue weighted by molar-refractivity contribution is 6.09. The normalized spacial score (nSPS) is 18.0. The topological polar surface area (TPSA) is 84.5 Å². The number of hydrogen-bond donors (Lipinski definition) is 1. The van der Waals surface area contributed by atoms with Gasteiger partial charge in [-0.25, -0.2) is 9.37 Å². The highest BCUT2D eigenvalue weighted by Crippen LogP contribution is 2.29. The van der Waals surface area contributed by atoms with Gasteiger partial charge < -0.3 is 5.41 Å². The molecular formula is C28H28FN5O. The summed E-state index contributed by atoms with van der Waals surface area (Å²) in [7, 11) is 1.87. The molecule has 2 atom stereocenters. The van der Waals surface area contributed by atoms with Gasteiger partial charge in [0.05, 0.1) is 23.8 Å². The number of aryl methyl sites for hydroxylation is 1. The number of hydrogen-bond acceptors (Lipinski definition) is 5. The second-order valence-corrected chi connectivity index (χ2v) is 9.35. The number of pyridine rings is 2. The van der Waals surface area contributed by atoms with Crippen LogP contribution in [0.25, 0.3) is 22.2 Å². The molecule has 0 aliphatic heterocycles. The predicted octanol–water partition coefficient (Wildman–Crippen LogP) is 5.74. The van der Waals surface area contributed by atoms with E-state index in [1.165, 1.54) is 0 Å². The number of nitrogens with zero attached hydrogens (tertiary/aromatic N) is 4. The van der Waals surface area contributed by atoms with Crippen LogP contribution >= 0.6 is 0 Å². The van der Waals surface area contributed by atoms with Gasteiger partial charge in [-0.15, -0.1) is 0 Å². The molecule has 5 rings (SSSR count). The minimum atomic E-state index is -1.02. The Balaban J connectivity index is 1.39. The van der Waals surface area contributed by atoms with Crippen LogP contribution in [0.2, 0.25) is 0 Å². The van der Waals surface area contributed by atoms with E-state index in [2.05, 4.69) is 15.1 Å². The van der Waals surface area contributed by atoms with E-state index in [-0.39, 0.29) is 17.9 Å². The van der Waals surface area contributed by atoms with Crippen molar-refractivity contribution in [3.8, 4) is 11.3 Å². The third kappa shape index (κ3) is 5.04. The van der Waals surface area contributed by atoms with Crippen molar-refractivity contribution in [2.45, 2.75) is 44.7 Å². The summed E-state index contributed by atoms with van der Waals surface area (Å²) in [5.74, 6) is -0.679. The average molecular weight is 470 g/mol. The molecule has 35 heavy (non-hydrogen) atoms. The first-order valence-electron chi connectivity index (χ1n) is 12.0. The average Bonchev–Trinajstić information content (AvgIpc) is 3.30. The second kappa shape index (κ2) is 9.86. The number of carbonyl (C=O) groups excluding carboxylic acids is 1. The molecular weight excluding hydrogens is 441 g/mol. The quantitative estimate of drug-likeness (QED) is 0.276. The fourth-order valence-corrected chi connectivity index (χ4v) is 4.88. The first-order chi connectivity index (χ1) is 17.0. The maximum absolute atomic E-state index is 14.3. The van der Waals surface area contributed by atoms with Crippen LogP contribution in [0.1, 0.15) is 53.7 Å². The predicted molar refractivity (Wildman–Crippen MR) is 135 cm³/mol. The Morgan fingerprint density at radius 2 is 1.97 bits per heavy atom. The van der Waals surface area contributed by atoms with Gasteiger partial charge in [-0.05, 0) is 48.6 Å². The molecule has 1 saturated carbocycles. The Morgan fingerprint density at radius 1 is 1.14 bits per heavy atom. The van der Waals surface area contributed by atoms with Crippen LogP contribution in [-0.2, 0) is 13.5 Å². The van der Waals surface area contributed by atoms with Crippen molar-refractivity contribution in [1.29, 1.82) is 5.41 Å². The summed E-state index contributed by atoms with van der Waals surface area (Å²) in [6, 6.07) is 13.6. The number of aromatic nitrogens is 4. The number of nitrogens with one attached hydrogen (secondary N) is 1. The number of rotatable bonds is 7. The second-order valence-electron chi connectivity index (χ2n) is 9.35. The molecule has 0 bridgehead atoms. The van der Waals surface area contributed by atoms with E-state index in [0.29, 0.717) is 25.0 Å². The van der Waals surface area contributed by atoms with E-state index >= 15 is 0 Å². The van der Waals surface area contributed by atoms with Gasteiger partial charge in [0.1, 0.15) is 11.9 Å². The zero-order valence-corrected chi connectivity index (χ0v) is 19.7. The molecule has 1 fully saturated rings. The molecule has 3 heterocycles. The van der Waals surface area contributed by atoms with Gasteiger partial charge in [-0.3, -0.25) is 14.5 Å². The van der Waals surface area contributed by atoms with Gasteiger partial charge in [0, 0.05) is 42.0 Å². The Labute approximate surface area is 203 Å². The summed E-state index contributed by atoms with van der Waals surface area (Å²) in [6.45, 7) is 0. The number of benzene rings is 1. The molecule has 0 saturated heterocycles. The largest absolute Gasteiger partial charge is 0.309 e. The molecule has 1 N–H and O–H groups in total. The first-order valence-corrected chi connectivity index (χ1v) is 12.0. The van der Waals surface area contributed by atoms with E-state index in [1.807, 2.05) is 61.9 Å². The van der Waals surface area contributed by atoms with Gasteiger partial charge in [0.15, 0.2) is 5.78 Å². The maximum atomic E-state index is 14.3. The smallest absolute Gasteiger partial charge is 0.186 e. The number of fused-ring (bicyclic) bond motifs is 1. The molecule has 178 valence electrons. The van der Waals surface area contributed by atoms with Crippen molar-refractivity contribution < 1.29 is 9.18 Å². The number of para-hydroxylation sites is 1. The fraction of sp³-hybridized carbons (Fsp3) is 0.321. The summed E-state index contributed by atoms with van der Waals surface area (Å²) in [4.78, 5) is 22.3. The van der Waals surface area contributed by atoms with E-state index in [0.717, 1.165) is 46.1 Å². The maximum Gasteiger partial charge on any atom is 0.186 e. The molecule has 0 spiro atoms. The fourth-order valence-electron chi connectivity index (χ4n) is 4.88. The standard InChI is InChI=1S/C28H28FN5O/c1-34-17-20(16-32-34)25-11-10-18(15-31-25)12-19-13-27(33-26-9-5-3-6-21(19)26)28(35)14-24(30)22-7-2-4-8-23(22)29/h3,5-6,9-11,13,15-17,22-23,30H,2,4,7-8,12,14H2,1H3/t22?,23-/m0/s1. The first kappa shape index (κ1) is 23.0. The molecule has 1 aliphatic rings. The molecule has 0 amide bonds.